The molecule has 0 saturated heterocycles. The molecule has 210 valence electrons. The number of aliphatic imine (C=N–C) groups is 1. The van der Waals surface area contributed by atoms with Crippen LogP contribution in [-0.4, -0.2) is 55.7 Å². The molecule has 5 rings (SSSR count). The molecule has 3 aliphatic heterocycles. The summed E-state index contributed by atoms with van der Waals surface area (Å²) in [6.45, 7) is 3.64. The van der Waals surface area contributed by atoms with Gasteiger partial charge in [0.1, 0.15) is 29.9 Å². The van der Waals surface area contributed by atoms with Gasteiger partial charge in [0.2, 0.25) is 17.7 Å². The Kier molecular flexibility index (Phi) is 7.72. The van der Waals surface area contributed by atoms with Crippen molar-refractivity contribution in [2.75, 3.05) is 19.0 Å². The van der Waals surface area contributed by atoms with Crippen molar-refractivity contribution < 1.29 is 33.0 Å². The summed E-state index contributed by atoms with van der Waals surface area (Å²) in [5.41, 5.74) is 2.62. The fraction of sp³-hybridized carbons (Fsp3) is 0.379. The molecule has 0 aliphatic carbocycles. The first-order valence-corrected chi connectivity index (χ1v) is 13.1. The Morgan fingerprint density at radius 2 is 1.93 bits per heavy atom. The van der Waals surface area contributed by atoms with E-state index >= 15 is 0 Å². The summed E-state index contributed by atoms with van der Waals surface area (Å²) in [6.07, 6.45) is 1.81. The highest BCUT2D eigenvalue weighted by Gasteiger charge is 2.37. The molecule has 2 aromatic rings. The highest BCUT2D eigenvalue weighted by atomic mass is 19.1. The van der Waals surface area contributed by atoms with E-state index in [0.29, 0.717) is 17.9 Å². The van der Waals surface area contributed by atoms with Gasteiger partial charge in [-0.3, -0.25) is 9.59 Å². The van der Waals surface area contributed by atoms with Gasteiger partial charge < -0.3 is 30.2 Å². The van der Waals surface area contributed by atoms with Gasteiger partial charge >= 0.3 is 5.97 Å². The van der Waals surface area contributed by atoms with E-state index < -0.39 is 36.1 Å². The van der Waals surface area contributed by atoms with E-state index in [1.165, 1.54) is 19.2 Å². The van der Waals surface area contributed by atoms with Gasteiger partial charge in [0.05, 0.1) is 13.0 Å². The number of hydrogen-bond acceptors (Lipinski definition) is 8. The molecule has 2 amide bonds. The van der Waals surface area contributed by atoms with Crippen LogP contribution in [0.2, 0.25) is 0 Å². The Morgan fingerprint density at radius 3 is 2.65 bits per heavy atom. The monoisotopic (exact) mass is 550 g/mol. The average molecular weight is 551 g/mol. The Balaban J connectivity index is 1.60. The average Bonchev–Trinajstić information content (AvgIpc) is 3.55. The molecule has 0 aromatic heterocycles. The first-order chi connectivity index (χ1) is 19.2. The number of anilines is 1. The van der Waals surface area contributed by atoms with Gasteiger partial charge in [0.15, 0.2) is 12.3 Å². The molecule has 3 N–H and O–H groups in total. The van der Waals surface area contributed by atoms with Gasteiger partial charge in [-0.15, -0.1) is 0 Å². The highest BCUT2D eigenvalue weighted by molar-refractivity contribution is 6.01. The van der Waals surface area contributed by atoms with E-state index in [9.17, 15) is 18.8 Å². The summed E-state index contributed by atoms with van der Waals surface area (Å²) in [4.78, 5) is 42.8. The summed E-state index contributed by atoms with van der Waals surface area (Å²) in [5.74, 6) is -1.60. The zero-order valence-electron chi connectivity index (χ0n) is 22.4. The van der Waals surface area contributed by atoms with Crippen LogP contribution in [0.3, 0.4) is 0 Å². The number of carbonyl (C=O) groups excluding carboxylic acids is 3. The number of methoxy groups -OCH3 is 1. The van der Waals surface area contributed by atoms with Gasteiger partial charge in [-0.25, -0.2) is 14.2 Å². The van der Waals surface area contributed by atoms with Crippen molar-refractivity contribution in [3.63, 3.8) is 0 Å². The number of amides is 2. The van der Waals surface area contributed by atoms with Crippen LogP contribution in [0.25, 0.3) is 0 Å². The van der Waals surface area contributed by atoms with Crippen molar-refractivity contribution in [3.05, 3.63) is 71.2 Å². The molecular formula is C29H31FN4O6. The van der Waals surface area contributed by atoms with E-state index in [0.717, 1.165) is 11.1 Å². The number of rotatable bonds is 5. The molecule has 0 radical (unpaired) electrons. The van der Waals surface area contributed by atoms with Crippen molar-refractivity contribution >= 4 is 29.4 Å². The van der Waals surface area contributed by atoms with Gasteiger partial charge in [0.25, 0.3) is 0 Å². The Bertz CT molecular complexity index is 1370. The maximum Gasteiger partial charge on any atom is 0.334 e. The van der Waals surface area contributed by atoms with Crippen molar-refractivity contribution in [2.24, 2.45) is 10.9 Å². The van der Waals surface area contributed by atoms with Crippen LogP contribution < -0.4 is 20.7 Å². The summed E-state index contributed by atoms with van der Waals surface area (Å²) in [6, 6.07) is 9.93. The number of esters is 1. The molecular weight excluding hydrogens is 519 g/mol. The van der Waals surface area contributed by atoms with E-state index in [1.807, 2.05) is 32.0 Å². The number of benzene rings is 2. The standard InChI is InChI=1S/C29H31FN4O6/c1-15(2)25-26(36)32-21(28-33-22(14-39-28)29(37)38-3)13-20-19-12-16(5-11-24(35)34-25)4-10-23(19)40-27(20)31-18-8-6-17(30)7-9-18/h4,6-10,12-13,15,20,22,25,27,31H,5,11,14H2,1-3H3,(H,32,36)(H,34,35)/b21-13+/t20?,22?,25?,27-/m1/s1. The molecule has 40 heavy (non-hydrogen) atoms. The SMILES string of the molecule is COC(=O)C1COC(/C2=C\C3c4cc(ccc4O[C@H]3Nc3ccc(F)cc3)CCC(=O)NC(C(C)C)C(=O)N2)=N1. The van der Waals surface area contributed by atoms with Gasteiger partial charge in [-0.2, -0.15) is 0 Å². The number of halogens is 1. The lowest BCUT2D eigenvalue weighted by Crippen LogP contribution is -2.50. The number of fused-ring (bicyclic) bond motifs is 1. The Labute approximate surface area is 231 Å². The van der Waals surface area contributed by atoms with Crippen LogP contribution in [0, 0.1) is 11.7 Å². The number of ether oxygens (including phenoxy) is 3. The molecule has 3 aliphatic rings. The highest BCUT2D eigenvalue weighted by Crippen LogP contribution is 2.41. The van der Waals surface area contributed by atoms with Crippen molar-refractivity contribution in [2.45, 2.75) is 50.9 Å². The second-order valence-corrected chi connectivity index (χ2v) is 10.2. The molecule has 11 heteroatoms. The molecule has 2 aromatic carbocycles. The third-order valence-electron chi connectivity index (χ3n) is 7.03. The van der Waals surface area contributed by atoms with E-state index in [2.05, 4.69) is 20.9 Å². The fourth-order valence-electron chi connectivity index (χ4n) is 4.87. The zero-order chi connectivity index (χ0) is 28.4. The second kappa shape index (κ2) is 11.4. The number of nitrogens with zero attached hydrogens (tertiary/aromatic N) is 1. The smallest absolute Gasteiger partial charge is 0.334 e. The molecule has 0 spiro atoms. The first kappa shape index (κ1) is 27.2. The van der Waals surface area contributed by atoms with Gasteiger partial charge in [0, 0.05) is 17.7 Å². The van der Waals surface area contributed by atoms with E-state index in [-0.39, 0.29) is 42.3 Å². The molecule has 10 nitrogen and oxygen atoms in total. The minimum absolute atomic E-state index is 0.0429. The summed E-state index contributed by atoms with van der Waals surface area (Å²) in [7, 11) is 1.27. The van der Waals surface area contributed by atoms with Crippen molar-refractivity contribution in [1.82, 2.24) is 10.6 Å². The zero-order valence-corrected chi connectivity index (χ0v) is 22.4. The molecule has 3 heterocycles. The number of carbonyl (C=O) groups is 3. The molecule has 4 atom stereocenters. The van der Waals surface area contributed by atoms with Crippen LogP contribution in [0.4, 0.5) is 10.1 Å². The summed E-state index contributed by atoms with van der Waals surface area (Å²) < 4.78 is 30.4. The predicted molar refractivity (Wildman–Crippen MR) is 144 cm³/mol. The maximum atomic E-state index is 13.5. The van der Waals surface area contributed by atoms with Crippen LogP contribution in [0.15, 0.2) is 59.2 Å². The first-order valence-electron chi connectivity index (χ1n) is 13.1. The van der Waals surface area contributed by atoms with Crippen LogP contribution in [0.1, 0.15) is 37.3 Å². The van der Waals surface area contributed by atoms with Gasteiger partial charge in [-0.1, -0.05) is 26.0 Å². The quantitative estimate of drug-likeness (QED) is 0.489. The van der Waals surface area contributed by atoms with Crippen molar-refractivity contribution in [3.8, 4) is 5.75 Å². The topological polar surface area (TPSA) is 127 Å². The Hall–Kier alpha value is -4.41. The number of aryl methyl sites for hydroxylation is 1. The number of hydrogen-bond donors (Lipinski definition) is 3. The van der Waals surface area contributed by atoms with E-state index in [4.69, 9.17) is 14.2 Å². The predicted octanol–water partition coefficient (Wildman–Crippen LogP) is 2.80. The lowest BCUT2D eigenvalue weighted by molar-refractivity contribution is -0.142. The molecule has 2 bridgehead atoms. The molecule has 0 saturated carbocycles. The van der Waals surface area contributed by atoms with Crippen LogP contribution in [-0.2, 0) is 30.3 Å². The number of nitrogens with one attached hydrogen (secondary N) is 3. The maximum absolute atomic E-state index is 13.5. The minimum atomic E-state index is -0.880. The van der Waals surface area contributed by atoms with Gasteiger partial charge in [-0.05, 0) is 54.3 Å². The third kappa shape index (κ3) is 5.78. The summed E-state index contributed by atoms with van der Waals surface area (Å²) in [5, 5.41) is 9.02. The van der Waals surface area contributed by atoms with Crippen LogP contribution in [0.5, 0.6) is 5.75 Å². The molecule has 0 fully saturated rings. The lowest BCUT2D eigenvalue weighted by Gasteiger charge is -2.23. The largest absolute Gasteiger partial charge is 0.473 e. The summed E-state index contributed by atoms with van der Waals surface area (Å²) >= 11 is 0. The Morgan fingerprint density at radius 1 is 1.15 bits per heavy atom. The van der Waals surface area contributed by atoms with E-state index in [1.54, 1.807) is 18.2 Å². The van der Waals surface area contributed by atoms with Crippen LogP contribution >= 0.6 is 0 Å². The fourth-order valence-corrected chi connectivity index (χ4v) is 4.87. The second-order valence-electron chi connectivity index (χ2n) is 10.2. The molecule has 3 unspecified atom stereocenters. The van der Waals surface area contributed by atoms with Crippen molar-refractivity contribution in [1.29, 1.82) is 0 Å². The normalized spacial score (nSPS) is 25.5. The lowest BCUT2D eigenvalue weighted by atomic mass is 9.94. The minimum Gasteiger partial charge on any atom is -0.473 e. The third-order valence-corrected chi connectivity index (χ3v) is 7.03.